The summed E-state index contributed by atoms with van der Waals surface area (Å²) in [6.45, 7) is 3.49. The van der Waals surface area contributed by atoms with E-state index in [-0.39, 0.29) is 12.8 Å². The maximum atomic E-state index is 13.2. The molecule has 450 valence electrons. The molecule has 1 amide bonds. The van der Waals surface area contributed by atoms with E-state index >= 15 is 0 Å². The molecule has 9 unspecified atom stereocenters. The summed E-state index contributed by atoms with van der Waals surface area (Å²) >= 11 is 0. The van der Waals surface area contributed by atoms with Crippen LogP contribution in [0, 0.1) is 0 Å². The third-order valence-corrected chi connectivity index (χ3v) is 16.0. The normalized spacial score (nSPS) is 19.7. The fraction of sp³-hybridized carbons (Fsp3) is 0.923. The van der Waals surface area contributed by atoms with Gasteiger partial charge in [0, 0.05) is 0 Å². The zero-order valence-electron chi connectivity index (χ0n) is 49.5. The van der Waals surface area contributed by atoms with Crippen LogP contribution < -0.4 is 5.32 Å². The van der Waals surface area contributed by atoms with E-state index in [1.165, 1.54) is 231 Å². The number of carbonyl (C=O) groups excluding carboxylic acids is 1. The van der Waals surface area contributed by atoms with Gasteiger partial charge in [-0.25, -0.2) is 0 Å². The highest BCUT2D eigenvalue weighted by Gasteiger charge is 2.44. The van der Waals surface area contributed by atoms with Crippen LogP contribution in [0.2, 0.25) is 0 Å². The lowest BCUT2D eigenvalue weighted by molar-refractivity contribution is -0.303. The van der Waals surface area contributed by atoms with Crippen LogP contribution >= 0.6 is 0 Å². The number of allylic oxidation sites excluding steroid dienone is 4. The zero-order valence-corrected chi connectivity index (χ0v) is 49.5. The van der Waals surface area contributed by atoms with Crippen LogP contribution in [0.15, 0.2) is 24.3 Å². The molecule has 0 aliphatic carbocycles. The summed E-state index contributed by atoms with van der Waals surface area (Å²) in [5.41, 5.74) is 0. The number of ether oxygens (including phenoxy) is 2. The van der Waals surface area contributed by atoms with E-state index in [9.17, 15) is 40.5 Å². The van der Waals surface area contributed by atoms with Crippen LogP contribution in [-0.4, -0.2) is 110 Å². The van der Waals surface area contributed by atoms with Gasteiger partial charge < -0.3 is 50.5 Å². The van der Waals surface area contributed by atoms with Gasteiger partial charge >= 0.3 is 0 Å². The van der Waals surface area contributed by atoms with E-state index in [0.717, 1.165) is 44.9 Å². The van der Waals surface area contributed by atoms with E-state index in [0.29, 0.717) is 12.8 Å². The van der Waals surface area contributed by atoms with Crippen molar-refractivity contribution in [1.82, 2.24) is 5.32 Å². The van der Waals surface area contributed by atoms with Gasteiger partial charge in [0.25, 0.3) is 0 Å². The first-order valence-corrected chi connectivity index (χ1v) is 32.7. The minimum atomic E-state index is -1.67. The molecule has 0 aromatic carbocycles. The van der Waals surface area contributed by atoms with Crippen molar-refractivity contribution in [3.8, 4) is 0 Å². The largest absolute Gasteiger partial charge is 0.394 e. The van der Waals surface area contributed by atoms with Crippen molar-refractivity contribution in [2.75, 3.05) is 13.2 Å². The molecule has 1 aliphatic heterocycles. The Morgan fingerprint density at radius 2 is 0.776 bits per heavy atom. The Bertz CT molecular complexity index is 1280. The van der Waals surface area contributed by atoms with Crippen molar-refractivity contribution in [3.63, 3.8) is 0 Å². The summed E-state index contributed by atoms with van der Waals surface area (Å²) in [4.78, 5) is 13.2. The number of carbonyl (C=O) groups is 1. The number of nitrogens with one attached hydrogen (secondary N) is 1. The predicted octanol–water partition coefficient (Wildman–Crippen LogP) is 14.9. The molecule has 0 aromatic rings. The van der Waals surface area contributed by atoms with Crippen LogP contribution in [0.25, 0.3) is 0 Å². The van der Waals surface area contributed by atoms with Crippen LogP contribution in [-0.2, 0) is 14.3 Å². The van der Waals surface area contributed by atoms with E-state index in [2.05, 4.69) is 43.5 Å². The Morgan fingerprint density at radius 1 is 0.447 bits per heavy atom. The van der Waals surface area contributed by atoms with Crippen LogP contribution in [0.1, 0.15) is 316 Å². The average Bonchev–Trinajstić information content (AvgIpc) is 3.42. The molecule has 8 N–H and O–H groups in total. The zero-order chi connectivity index (χ0) is 55.4. The lowest BCUT2D eigenvalue weighted by Gasteiger charge is -2.40. The smallest absolute Gasteiger partial charge is 0.249 e. The molecule has 1 aliphatic rings. The van der Waals surface area contributed by atoms with Gasteiger partial charge in [0.2, 0.25) is 5.91 Å². The van der Waals surface area contributed by atoms with Gasteiger partial charge in [-0.1, -0.05) is 276 Å². The highest BCUT2D eigenvalue weighted by Crippen LogP contribution is 2.24. The van der Waals surface area contributed by atoms with Crippen LogP contribution in [0.3, 0.4) is 0 Å². The lowest BCUT2D eigenvalue weighted by atomic mass is 9.98. The lowest BCUT2D eigenvalue weighted by Crippen LogP contribution is -2.60. The van der Waals surface area contributed by atoms with E-state index in [1.807, 2.05) is 0 Å². The molecule has 0 aromatic heterocycles. The Morgan fingerprint density at radius 3 is 1.13 bits per heavy atom. The first-order chi connectivity index (χ1) is 37.2. The molecule has 11 nitrogen and oxygen atoms in total. The second-order valence-electron chi connectivity index (χ2n) is 23.2. The second kappa shape index (κ2) is 54.2. The first-order valence-electron chi connectivity index (χ1n) is 32.7. The van der Waals surface area contributed by atoms with Crippen molar-refractivity contribution < 1.29 is 50.0 Å². The molecule has 1 heterocycles. The molecule has 1 saturated heterocycles. The molecular weight excluding hydrogens is 955 g/mol. The number of unbranched alkanes of at least 4 members (excludes halogenated alkanes) is 41. The molecule has 0 saturated carbocycles. The molecule has 1 fully saturated rings. The quantitative estimate of drug-likeness (QED) is 0.0215. The monoisotopic (exact) mass is 1080 g/mol. The Hall–Kier alpha value is -1.41. The number of rotatable bonds is 57. The standard InChI is InChI=1S/C65H125NO10/c1-3-5-7-9-11-13-15-17-19-21-23-25-27-29-31-32-34-36-38-40-42-44-46-48-50-52-57(68)60(70)56(55-75-65-63(73)62(72)61(71)59(54-67)76-65)66-64(74)58(69)53-51-49-47-45-43-41-39-37-35-33-30-28-26-24-22-20-18-16-14-12-10-8-6-4-2/h30,33,44,46,56-63,65,67-73H,3-29,31-32,34-43,45,47-55H2,1-2H3,(H,66,74)/b33-30-,46-44+. The third kappa shape index (κ3) is 41.6. The minimum Gasteiger partial charge on any atom is -0.394 e. The first kappa shape index (κ1) is 72.6. The molecule has 0 bridgehead atoms. The molecular formula is C65H125NO10. The van der Waals surface area contributed by atoms with Gasteiger partial charge in [-0.05, 0) is 64.2 Å². The number of hydrogen-bond donors (Lipinski definition) is 8. The van der Waals surface area contributed by atoms with Crippen LogP contribution in [0.4, 0.5) is 0 Å². The second-order valence-corrected chi connectivity index (χ2v) is 23.2. The Balaban J connectivity index is 2.27. The van der Waals surface area contributed by atoms with E-state index in [1.54, 1.807) is 0 Å². The fourth-order valence-corrected chi connectivity index (χ4v) is 10.7. The van der Waals surface area contributed by atoms with Gasteiger partial charge in [-0.2, -0.15) is 0 Å². The molecule has 0 radical (unpaired) electrons. The van der Waals surface area contributed by atoms with Gasteiger partial charge in [-0.15, -0.1) is 0 Å². The minimum absolute atomic E-state index is 0.252. The number of amides is 1. The van der Waals surface area contributed by atoms with Crippen LogP contribution in [0.5, 0.6) is 0 Å². The molecule has 0 spiro atoms. The summed E-state index contributed by atoms with van der Waals surface area (Å²) in [7, 11) is 0. The maximum Gasteiger partial charge on any atom is 0.249 e. The third-order valence-electron chi connectivity index (χ3n) is 16.0. The topological polar surface area (TPSA) is 189 Å². The number of hydrogen-bond acceptors (Lipinski definition) is 10. The van der Waals surface area contributed by atoms with E-state index < -0.39 is 74.2 Å². The molecule has 1 rings (SSSR count). The molecule has 76 heavy (non-hydrogen) atoms. The summed E-state index contributed by atoms with van der Waals surface area (Å²) in [6, 6.07) is -1.19. The molecule has 11 heteroatoms. The van der Waals surface area contributed by atoms with Crippen molar-refractivity contribution in [2.45, 2.75) is 371 Å². The highest BCUT2D eigenvalue weighted by atomic mass is 16.7. The Kier molecular flexibility index (Phi) is 51.8. The van der Waals surface area contributed by atoms with Gasteiger partial charge in [0.05, 0.1) is 25.4 Å². The predicted molar refractivity (Wildman–Crippen MR) is 316 cm³/mol. The van der Waals surface area contributed by atoms with Crippen molar-refractivity contribution in [3.05, 3.63) is 24.3 Å². The maximum absolute atomic E-state index is 13.2. The van der Waals surface area contributed by atoms with E-state index in [4.69, 9.17) is 9.47 Å². The van der Waals surface area contributed by atoms with Gasteiger partial charge in [-0.3, -0.25) is 4.79 Å². The summed E-state index contributed by atoms with van der Waals surface area (Å²) < 4.78 is 11.2. The number of aliphatic hydroxyl groups excluding tert-OH is 7. The highest BCUT2D eigenvalue weighted by molar-refractivity contribution is 5.80. The van der Waals surface area contributed by atoms with Crippen molar-refractivity contribution in [1.29, 1.82) is 0 Å². The summed E-state index contributed by atoms with van der Waals surface area (Å²) in [5, 5.41) is 76.3. The average molecular weight is 1080 g/mol. The molecule has 9 atom stereocenters. The fourth-order valence-electron chi connectivity index (χ4n) is 10.7. The SMILES string of the molecule is CCCCCCCCCCCCCC/C=C\CCCCCCCCCCC(O)C(=O)NC(COC1OC(CO)C(O)C(O)C1O)C(O)C(O)CCC/C=C/CCCCCCCCCCCCCCCCCCCCCC. The van der Waals surface area contributed by atoms with Crippen molar-refractivity contribution >= 4 is 5.91 Å². The van der Waals surface area contributed by atoms with Gasteiger partial charge in [0.1, 0.15) is 36.6 Å². The van der Waals surface area contributed by atoms with Gasteiger partial charge in [0.15, 0.2) is 6.29 Å². The summed E-state index contributed by atoms with van der Waals surface area (Å²) in [5.74, 6) is -0.704. The van der Waals surface area contributed by atoms with Crippen molar-refractivity contribution in [2.24, 2.45) is 0 Å². The Labute approximate surface area is 467 Å². The number of aliphatic hydroxyl groups is 7. The summed E-state index contributed by atoms with van der Waals surface area (Å²) in [6.07, 6.45) is 55.3.